The first kappa shape index (κ1) is 20.8. The van der Waals surface area contributed by atoms with Crippen molar-refractivity contribution in [2.45, 2.75) is 13.0 Å². The molecule has 8 heteroatoms. The van der Waals surface area contributed by atoms with Gasteiger partial charge >= 0.3 is 6.03 Å². The standard InChI is InChI=1S/C22H20N2O6/c1-3-9-24-20(25)17(23-22(24)28)11-14-7-8-18(19(12-14)29-2)30-13-15-5-4-6-16(10-15)21(26)27/h3-8,10,12H,1,9,11,13H2,2H3,(H,26,27)/p-1. The Hall–Kier alpha value is -3.94. The fourth-order valence-corrected chi connectivity index (χ4v) is 2.96. The lowest BCUT2D eigenvalue weighted by atomic mass is 10.1. The van der Waals surface area contributed by atoms with Crippen molar-refractivity contribution in [1.29, 1.82) is 0 Å². The Bertz CT molecular complexity index is 1040. The van der Waals surface area contributed by atoms with Gasteiger partial charge in [-0.3, -0.25) is 9.69 Å². The Kier molecular flexibility index (Phi) is 6.26. The topological polar surface area (TPSA) is 108 Å². The van der Waals surface area contributed by atoms with Crippen LogP contribution in [-0.2, 0) is 17.8 Å². The molecule has 0 radical (unpaired) electrons. The summed E-state index contributed by atoms with van der Waals surface area (Å²) in [5.41, 5.74) is 1.60. The monoisotopic (exact) mass is 407 g/mol. The first-order valence-electron chi connectivity index (χ1n) is 9.07. The number of benzene rings is 2. The number of aliphatic imine (C=N–C) groups is 1. The number of carboxylic acids is 1. The zero-order chi connectivity index (χ0) is 21.7. The van der Waals surface area contributed by atoms with Crippen LogP contribution in [0.15, 0.2) is 60.1 Å². The minimum absolute atomic E-state index is 0.0699. The lowest BCUT2D eigenvalue weighted by Crippen LogP contribution is -2.33. The molecule has 2 aromatic carbocycles. The highest BCUT2D eigenvalue weighted by atomic mass is 16.5. The maximum absolute atomic E-state index is 12.3. The van der Waals surface area contributed by atoms with Crippen LogP contribution in [0, 0.1) is 0 Å². The third-order valence-electron chi connectivity index (χ3n) is 4.42. The molecule has 0 aliphatic carbocycles. The van der Waals surface area contributed by atoms with Crippen molar-refractivity contribution in [3.63, 3.8) is 0 Å². The van der Waals surface area contributed by atoms with E-state index in [2.05, 4.69) is 11.6 Å². The van der Waals surface area contributed by atoms with Crippen molar-refractivity contribution < 1.29 is 29.0 Å². The van der Waals surface area contributed by atoms with E-state index in [1.165, 1.54) is 25.3 Å². The Morgan fingerprint density at radius 2 is 1.97 bits per heavy atom. The van der Waals surface area contributed by atoms with Gasteiger partial charge in [-0.1, -0.05) is 30.3 Å². The van der Waals surface area contributed by atoms with Crippen molar-refractivity contribution in [3.05, 3.63) is 71.8 Å². The van der Waals surface area contributed by atoms with Crippen LogP contribution in [0.4, 0.5) is 4.79 Å². The maximum Gasteiger partial charge on any atom is 0.351 e. The van der Waals surface area contributed by atoms with Gasteiger partial charge in [-0.15, -0.1) is 6.58 Å². The second-order valence-corrected chi connectivity index (χ2v) is 6.48. The minimum Gasteiger partial charge on any atom is -0.545 e. The van der Waals surface area contributed by atoms with Gasteiger partial charge in [0, 0.05) is 13.0 Å². The molecule has 1 heterocycles. The van der Waals surface area contributed by atoms with E-state index in [1.54, 1.807) is 30.3 Å². The molecule has 3 rings (SSSR count). The number of amides is 3. The van der Waals surface area contributed by atoms with Crippen LogP contribution < -0.4 is 14.6 Å². The lowest BCUT2D eigenvalue weighted by molar-refractivity contribution is -0.255. The number of urea groups is 1. The number of carbonyl (C=O) groups excluding carboxylic acids is 3. The molecule has 0 aromatic heterocycles. The van der Waals surface area contributed by atoms with E-state index in [-0.39, 0.29) is 30.8 Å². The number of ether oxygens (including phenoxy) is 2. The summed E-state index contributed by atoms with van der Waals surface area (Å²) in [4.78, 5) is 39.9. The fourth-order valence-electron chi connectivity index (χ4n) is 2.96. The summed E-state index contributed by atoms with van der Waals surface area (Å²) in [6.07, 6.45) is 1.63. The third kappa shape index (κ3) is 4.54. The van der Waals surface area contributed by atoms with Crippen molar-refractivity contribution >= 4 is 23.6 Å². The maximum atomic E-state index is 12.3. The number of methoxy groups -OCH3 is 1. The second-order valence-electron chi connectivity index (χ2n) is 6.48. The van der Waals surface area contributed by atoms with Gasteiger partial charge in [0.15, 0.2) is 11.5 Å². The molecule has 0 atom stereocenters. The highest BCUT2D eigenvalue weighted by Gasteiger charge is 2.32. The average Bonchev–Trinajstić information content (AvgIpc) is 3.00. The average molecular weight is 407 g/mol. The van der Waals surface area contributed by atoms with Gasteiger partial charge in [0.05, 0.1) is 13.1 Å². The molecule has 0 saturated carbocycles. The van der Waals surface area contributed by atoms with Crippen molar-refractivity contribution in [3.8, 4) is 11.5 Å². The number of hydrogen-bond donors (Lipinski definition) is 0. The van der Waals surface area contributed by atoms with Crippen molar-refractivity contribution in [1.82, 2.24) is 4.90 Å². The molecule has 1 aliphatic rings. The van der Waals surface area contributed by atoms with E-state index >= 15 is 0 Å². The van der Waals surface area contributed by atoms with Gasteiger partial charge < -0.3 is 19.4 Å². The Morgan fingerprint density at radius 3 is 2.67 bits per heavy atom. The molecule has 1 aliphatic heterocycles. The molecule has 0 N–H and O–H groups in total. The highest BCUT2D eigenvalue weighted by Crippen LogP contribution is 2.29. The van der Waals surface area contributed by atoms with E-state index in [4.69, 9.17) is 9.47 Å². The van der Waals surface area contributed by atoms with Gasteiger partial charge in [0.1, 0.15) is 12.3 Å². The van der Waals surface area contributed by atoms with Crippen LogP contribution in [-0.4, -0.2) is 42.2 Å². The molecule has 0 bridgehead atoms. The van der Waals surface area contributed by atoms with Crippen molar-refractivity contribution in [2.75, 3.05) is 13.7 Å². The molecule has 30 heavy (non-hydrogen) atoms. The molecule has 154 valence electrons. The second kappa shape index (κ2) is 9.04. The molecule has 0 saturated heterocycles. The van der Waals surface area contributed by atoms with E-state index in [0.717, 1.165) is 10.5 Å². The van der Waals surface area contributed by atoms with Crippen LogP contribution in [0.2, 0.25) is 0 Å². The summed E-state index contributed by atoms with van der Waals surface area (Å²) in [5, 5.41) is 11.0. The number of nitrogens with zero attached hydrogens (tertiary/aromatic N) is 2. The van der Waals surface area contributed by atoms with Crippen molar-refractivity contribution in [2.24, 2.45) is 4.99 Å². The molecule has 3 amide bonds. The molecular formula is C22H19N2O6-. The molecule has 0 fully saturated rings. The number of aromatic carboxylic acids is 1. The van der Waals surface area contributed by atoms with E-state index in [9.17, 15) is 19.5 Å². The largest absolute Gasteiger partial charge is 0.545 e. The Balaban J connectivity index is 1.71. The first-order chi connectivity index (χ1) is 14.4. The van der Waals surface area contributed by atoms with Crippen LogP contribution in [0.25, 0.3) is 0 Å². The Morgan fingerprint density at radius 1 is 1.17 bits per heavy atom. The van der Waals surface area contributed by atoms with Crippen LogP contribution in [0.1, 0.15) is 21.5 Å². The van der Waals surface area contributed by atoms with E-state index in [0.29, 0.717) is 17.1 Å². The summed E-state index contributed by atoms with van der Waals surface area (Å²) in [6.45, 7) is 3.77. The molecular weight excluding hydrogens is 388 g/mol. The summed E-state index contributed by atoms with van der Waals surface area (Å²) < 4.78 is 11.1. The molecule has 0 unspecified atom stereocenters. The highest BCUT2D eigenvalue weighted by molar-refractivity contribution is 6.46. The van der Waals surface area contributed by atoms with E-state index in [1.807, 2.05) is 0 Å². The summed E-state index contributed by atoms with van der Waals surface area (Å²) in [7, 11) is 1.48. The third-order valence-corrected chi connectivity index (χ3v) is 4.42. The summed E-state index contributed by atoms with van der Waals surface area (Å²) in [6, 6.07) is 10.8. The molecule has 2 aromatic rings. The van der Waals surface area contributed by atoms with Crippen LogP contribution in [0.3, 0.4) is 0 Å². The van der Waals surface area contributed by atoms with Gasteiger partial charge in [0.25, 0.3) is 5.91 Å². The van der Waals surface area contributed by atoms with Crippen LogP contribution >= 0.6 is 0 Å². The SMILES string of the molecule is C=CCN1C(=O)N=C(Cc2ccc(OCc3cccc(C(=O)[O-])c3)c(OC)c2)C1=O. The summed E-state index contributed by atoms with van der Waals surface area (Å²) in [5.74, 6) is -0.812. The van der Waals surface area contributed by atoms with Gasteiger partial charge in [-0.25, -0.2) is 4.79 Å². The smallest absolute Gasteiger partial charge is 0.351 e. The lowest BCUT2D eigenvalue weighted by Gasteiger charge is -2.13. The zero-order valence-electron chi connectivity index (χ0n) is 16.3. The fraction of sp³-hybridized carbons (Fsp3) is 0.182. The van der Waals surface area contributed by atoms with Gasteiger partial charge in [0.2, 0.25) is 0 Å². The number of carboxylic acid groups (broad SMARTS) is 1. The quantitative estimate of drug-likeness (QED) is 0.586. The first-order valence-corrected chi connectivity index (χ1v) is 9.07. The molecule has 0 spiro atoms. The van der Waals surface area contributed by atoms with E-state index < -0.39 is 17.9 Å². The predicted molar refractivity (Wildman–Crippen MR) is 107 cm³/mol. The number of hydrogen-bond acceptors (Lipinski definition) is 6. The number of rotatable bonds is 9. The van der Waals surface area contributed by atoms with Crippen LogP contribution in [0.5, 0.6) is 11.5 Å². The van der Waals surface area contributed by atoms with Gasteiger partial charge in [-0.2, -0.15) is 4.99 Å². The predicted octanol–water partition coefficient (Wildman–Crippen LogP) is 1.77. The number of carbonyl (C=O) groups is 3. The Labute approximate surface area is 173 Å². The minimum atomic E-state index is -1.26. The molecule has 8 nitrogen and oxygen atoms in total. The van der Waals surface area contributed by atoms with Gasteiger partial charge in [-0.05, 0) is 34.9 Å². The zero-order valence-corrected chi connectivity index (χ0v) is 16.3. The summed E-state index contributed by atoms with van der Waals surface area (Å²) >= 11 is 0. The number of imide groups is 1. The normalized spacial score (nSPS) is 13.2.